The lowest BCUT2D eigenvalue weighted by molar-refractivity contribution is 0.281. The third kappa shape index (κ3) is 2.98. The van der Waals surface area contributed by atoms with Crippen molar-refractivity contribution in [3.05, 3.63) is 51.3 Å². The van der Waals surface area contributed by atoms with E-state index in [9.17, 15) is 4.39 Å². The second-order valence-corrected chi connectivity index (χ2v) is 4.77. The molecule has 0 atom stereocenters. The predicted octanol–water partition coefficient (Wildman–Crippen LogP) is 3.92. The van der Waals surface area contributed by atoms with Gasteiger partial charge in [-0.3, -0.25) is 0 Å². The summed E-state index contributed by atoms with van der Waals surface area (Å²) in [5.41, 5.74) is 0.470. The summed E-state index contributed by atoms with van der Waals surface area (Å²) in [6.07, 6.45) is 1.35. The van der Waals surface area contributed by atoms with E-state index in [1.807, 2.05) is 0 Å². The Bertz CT molecular complexity index is 580. The number of aliphatic hydroxyl groups is 1. The minimum atomic E-state index is -0.500. The maximum Gasteiger partial charge on any atom is 0.219 e. The van der Waals surface area contributed by atoms with Gasteiger partial charge in [0.2, 0.25) is 5.88 Å². The van der Waals surface area contributed by atoms with Gasteiger partial charge < -0.3 is 9.84 Å². The van der Waals surface area contributed by atoms with Gasteiger partial charge in [-0.05, 0) is 18.2 Å². The molecule has 0 unspecified atom stereocenters. The minimum absolute atomic E-state index is 0.0445. The minimum Gasteiger partial charge on any atom is -0.436 e. The van der Waals surface area contributed by atoms with Crippen molar-refractivity contribution in [1.29, 1.82) is 0 Å². The molecule has 0 bridgehead atoms. The molecule has 0 saturated heterocycles. The van der Waals surface area contributed by atoms with E-state index in [2.05, 4.69) is 20.9 Å². The van der Waals surface area contributed by atoms with Crippen molar-refractivity contribution in [2.75, 3.05) is 0 Å². The molecule has 1 aromatic carbocycles. The van der Waals surface area contributed by atoms with Crippen LogP contribution in [0, 0.1) is 5.82 Å². The molecule has 0 aliphatic heterocycles. The van der Waals surface area contributed by atoms with Gasteiger partial charge in [0.15, 0.2) is 11.6 Å². The van der Waals surface area contributed by atoms with Crippen molar-refractivity contribution in [3.8, 4) is 11.6 Å². The smallest absolute Gasteiger partial charge is 0.219 e. The molecule has 0 amide bonds. The van der Waals surface area contributed by atoms with Crippen molar-refractivity contribution < 1.29 is 14.2 Å². The number of hydrogen-bond acceptors (Lipinski definition) is 3. The number of aliphatic hydroxyl groups excluding tert-OH is 1. The highest BCUT2D eigenvalue weighted by Gasteiger charge is 2.08. The fourth-order valence-electron chi connectivity index (χ4n) is 1.30. The number of pyridine rings is 1. The zero-order valence-electron chi connectivity index (χ0n) is 9.03. The van der Waals surface area contributed by atoms with Gasteiger partial charge in [-0.2, -0.15) is 0 Å². The molecule has 0 aliphatic rings. The third-order valence-electron chi connectivity index (χ3n) is 2.19. The van der Waals surface area contributed by atoms with Crippen LogP contribution >= 0.6 is 27.5 Å². The van der Waals surface area contributed by atoms with Crippen LogP contribution in [0.5, 0.6) is 11.6 Å². The normalized spacial score (nSPS) is 10.4. The first-order chi connectivity index (χ1) is 8.60. The van der Waals surface area contributed by atoms with Crippen molar-refractivity contribution in [1.82, 2.24) is 4.98 Å². The first-order valence-corrected chi connectivity index (χ1v) is 6.15. The number of halogens is 3. The SMILES string of the molecule is OCc1cc(Oc2cc(Br)ccc2F)ncc1Cl. The van der Waals surface area contributed by atoms with Gasteiger partial charge in [-0.15, -0.1) is 0 Å². The van der Waals surface area contributed by atoms with Crippen molar-refractivity contribution in [3.63, 3.8) is 0 Å². The van der Waals surface area contributed by atoms with Crippen LogP contribution in [-0.2, 0) is 6.61 Å². The van der Waals surface area contributed by atoms with E-state index in [1.54, 1.807) is 6.07 Å². The Morgan fingerprint density at radius 2 is 2.17 bits per heavy atom. The highest BCUT2D eigenvalue weighted by molar-refractivity contribution is 9.10. The molecule has 0 aliphatic carbocycles. The molecule has 0 spiro atoms. The first-order valence-electron chi connectivity index (χ1n) is 4.98. The Morgan fingerprint density at radius 3 is 2.89 bits per heavy atom. The van der Waals surface area contributed by atoms with Crippen LogP contribution < -0.4 is 4.74 Å². The summed E-state index contributed by atoms with van der Waals surface area (Å²) >= 11 is 9.02. The van der Waals surface area contributed by atoms with E-state index in [0.717, 1.165) is 0 Å². The van der Waals surface area contributed by atoms with Crippen molar-refractivity contribution in [2.45, 2.75) is 6.61 Å². The van der Waals surface area contributed by atoms with E-state index < -0.39 is 5.82 Å². The lowest BCUT2D eigenvalue weighted by Gasteiger charge is -2.08. The molecule has 18 heavy (non-hydrogen) atoms. The summed E-state index contributed by atoms with van der Waals surface area (Å²) < 4.78 is 19.5. The van der Waals surface area contributed by atoms with Gasteiger partial charge in [0, 0.05) is 22.3 Å². The number of aromatic nitrogens is 1. The maximum absolute atomic E-state index is 13.5. The van der Waals surface area contributed by atoms with Crippen LogP contribution in [0.1, 0.15) is 5.56 Å². The highest BCUT2D eigenvalue weighted by Crippen LogP contribution is 2.28. The third-order valence-corrected chi connectivity index (χ3v) is 3.02. The summed E-state index contributed by atoms with van der Waals surface area (Å²) in [6.45, 7) is -0.237. The predicted molar refractivity (Wildman–Crippen MR) is 69.3 cm³/mol. The van der Waals surface area contributed by atoms with Gasteiger partial charge in [0.05, 0.1) is 11.6 Å². The summed E-state index contributed by atoms with van der Waals surface area (Å²) in [6, 6.07) is 5.80. The van der Waals surface area contributed by atoms with Crippen LogP contribution in [0.3, 0.4) is 0 Å². The van der Waals surface area contributed by atoms with Crippen LogP contribution in [-0.4, -0.2) is 10.1 Å². The summed E-state index contributed by atoms with van der Waals surface area (Å²) in [7, 11) is 0. The maximum atomic E-state index is 13.5. The van der Waals surface area contributed by atoms with E-state index >= 15 is 0 Å². The van der Waals surface area contributed by atoms with E-state index in [1.165, 1.54) is 24.4 Å². The van der Waals surface area contributed by atoms with Gasteiger partial charge in [-0.1, -0.05) is 27.5 Å². The molecule has 2 aromatic rings. The zero-order chi connectivity index (χ0) is 13.1. The standard InChI is InChI=1S/C12H8BrClFNO2/c13-8-1-2-10(15)11(4-8)18-12-3-7(6-17)9(14)5-16-12/h1-5,17H,6H2. The molecule has 0 radical (unpaired) electrons. The lowest BCUT2D eigenvalue weighted by atomic mass is 10.3. The van der Waals surface area contributed by atoms with E-state index in [0.29, 0.717) is 15.1 Å². The average molecular weight is 333 g/mol. The molecule has 0 saturated carbocycles. The molecule has 2 rings (SSSR count). The quantitative estimate of drug-likeness (QED) is 0.926. The van der Waals surface area contributed by atoms with E-state index in [4.69, 9.17) is 21.4 Å². The Kier molecular flexibility index (Phi) is 4.16. The monoisotopic (exact) mass is 331 g/mol. The summed E-state index contributed by atoms with van der Waals surface area (Å²) in [5.74, 6) is -0.288. The van der Waals surface area contributed by atoms with E-state index in [-0.39, 0.29) is 18.2 Å². The zero-order valence-corrected chi connectivity index (χ0v) is 11.4. The number of hydrogen-bond donors (Lipinski definition) is 1. The molecular weight excluding hydrogens is 324 g/mol. The van der Waals surface area contributed by atoms with Crippen molar-refractivity contribution in [2.24, 2.45) is 0 Å². The Balaban J connectivity index is 2.31. The lowest BCUT2D eigenvalue weighted by Crippen LogP contribution is -1.94. The molecule has 6 heteroatoms. The second kappa shape index (κ2) is 5.65. The van der Waals surface area contributed by atoms with Gasteiger partial charge >= 0.3 is 0 Å². The topological polar surface area (TPSA) is 42.4 Å². The number of benzene rings is 1. The van der Waals surface area contributed by atoms with Crippen LogP contribution in [0.4, 0.5) is 4.39 Å². The molecule has 1 N–H and O–H groups in total. The number of nitrogens with zero attached hydrogens (tertiary/aromatic N) is 1. The molecule has 94 valence electrons. The Morgan fingerprint density at radius 1 is 1.39 bits per heavy atom. The molecule has 3 nitrogen and oxygen atoms in total. The number of ether oxygens (including phenoxy) is 1. The fourth-order valence-corrected chi connectivity index (χ4v) is 1.81. The van der Waals surface area contributed by atoms with Crippen LogP contribution in [0.25, 0.3) is 0 Å². The molecule has 0 fully saturated rings. The van der Waals surface area contributed by atoms with Crippen molar-refractivity contribution >= 4 is 27.5 Å². The first kappa shape index (κ1) is 13.3. The Labute approximate surface area is 116 Å². The number of rotatable bonds is 3. The Hall–Kier alpha value is -1.17. The largest absolute Gasteiger partial charge is 0.436 e. The van der Waals surface area contributed by atoms with Gasteiger partial charge in [0.25, 0.3) is 0 Å². The second-order valence-electron chi connectivity index (χ2n) is 3.45. The van der Waals surface area contributed by atoms with Gasteiger partial charge in [0.1, 0.15) is 0 Å². The van der Waals surface area contributed by atoms with Crippen LogP contribution in [0.2, 0.25) is 5.02 Å². The highest BCUT2D eigenvalue weighted by atomic mass is 79.9. The summed E-state index contributed by atoms with van der Waals surface area (Å²) in [5, 5.41) is 9.39. The van der Waals surface area contributed by atoms with Gasteiger partial charge in [-0.25, -0.2) is 9.37 Å². The van der Waals surface area contributed by atoms with Crippen LogP contribution in [0.15, 0.2) is 34.9 Å². The molecule has 1 heterocycles. The fraction of sp³-hybridized carbons (Fsp3) is 0.0833. The summed E-state index contributed by atoms with van der Waals surface area (Å²) in [4.78, 5) is 3.91. The molecular formula is C12H8BrClFNO2. The average Bonchev–Trinajstić information content (AvgIpc) is 2.36. The molecule has 1 aromatic heterocycles.